The molecular formula is C11H17N3OS2. The summed E-state index contributed by atoms with van der Waals surface area (Å²) in [7, 11) is 0. The molecule has 0 saturated carbocycles. The number of nitrogens with two attached hydrogens (primary N) is 1. The van der Waals surface area contributed by atoms with Gasteiger partial charge in [-0.3, -0.25) is 4.79 Å². The zero-order chi connectivity index (χ0) is 13.1. The standard InChI is InChI=1S/C11H17N3OS2/c1-4-11(5-2,10(12)16)14-9(15)8-6-13-7(3)17-8/h6H,4-5H2,1-3H3,(H2,12,16)(H,14,15). The molecule has 17 heavy (non-hydrogen) atoms. The van der Waals surface area contributed by atoms with Crippen molar-refractivity contribution in [3.63, 3.8) is 0 Å². The fraction of sp³-hybridized carbons (Fsp3) is 0.545. The van der Waals surface area contributed by atoms with Gasteiger partial charge in [0.15, 0.2) is 0 Å². The monoisotopic (exact) mass is 271 g/mol. The van der Waals surface area contributed by atoms with E-state index in [0.717, 1.165) is 5.01 Å². The summed E-state index contributed by atoms with van der Waals surface area (Å²) in [5.41, 5.74) is 5.14. The lowest BCUT2D eigenvalue weighted by atomic mass is 9.92. The van der Waals surface area contributed by atoms with Crippen LogP contribution in [0.3, 0.4) is 0 Å². The molecule has 0 radical (unpaired) electrons. The molecule has 0 atom stereocenters. The second-order valence-electron chi connectivity index (χ2n) is 3.85. The van der Waals surface area contributed by atoms with Crippen LogP contribution in [0.4, 0.5) is 0 Å². The third-order valence-electron chi connectivity index (χ3n) is 2.88. The molecule has 0 unspecified atom stereocenters. The predicted octanol–water partition coefficient (Wildman–Crippen LogP) is 2.03. The Hall–Kier alpha value is -1.01. The number of nitrogens with one attached hydrogen (secondary N) is 1. The Balaban J connectivity index is 2.88. The Kier molecular flexibility index (Phi) is 4.59. The van der Waals surface area contributed by atoms with Crippen LogP contribution in [0.2, 0.25) is 0 Å². The summed E-state index contributed by atoms with van der Waals surface area (Å²) in [5.74, 6) is -0.160. The van der Waals surface area contributed by atoms with Gasteiger partial charge >= 0.3 is 0 Å². The number of nitrogens with zero attached hydrogens (tertiary/aromatic N) is 1. The molecule has 0 aliphatic rings. The van der Waals surface area contributed by atoms with Crippen molar-refractivity contribution in [3.05, 3.63) is 16.1 Å². The van der Waals surface area contributed by atoms with Crippen molar-refractivity contribution in [3.8, 4) is 0 Å². The molecule has 3 N–H and O–H groups in total. The van der Waals surface area contributed by atoms with Gasteiger partial charge in [0.2, 0.25) is 0 Å². The quantitative estimate of drug-likeness (QED) is 0.804. The second-order valence-corrected chi connectivity index (χ2v) is 5.53. The van der Waals surface area contributed by atoms with Crippen molar-refractivity contribution in [1.82, 2.24) is 10.3 Å². The summed E-state index contributed by atoms with van der Waals surface area (Å²) in [4.78, 5) is 17.0. The van der Waals surface area contributed by atoms with Crippen LogP contribution in [-0.4, -0.2) is 21.4 Å². The van der Waals surface area contributed by atoms with Gasteiger partial charge in [0.25, 0.3) is 5.91 Å². The number of hydrogen-bond acceptors (Lipinski definition) is 4. The van der Waals surface area contributed by atoms with Gasteiger partial charge < -0.3 is 11.1 Å². The SMILES string of the molecule is CCC(CC)(NC(=O)c1cnc(C)s1)C(N)=S. The van der Waals surface area contributed by atoms with Crippen LogP contribution in [0, 0.1) is 6.92 Å². The largest absolute Gasteiger partial charge is 0.391 e. The number of rotatable bonds is 5. The maximum absolute atomic E-state index is 12.0. The Morgan fingerprint density at radius 1 is 1.59 bits per heavy atom. The van der Waals surface area contributed by atoms with E-state index in [4.69, 9.17) is 18.0 Å². The first-order valence-corrected chi connectivity index (χ1v) is 6.72. The fourth-order valence-electron chi connectivity index (χ4n) is 1.58. The highest BCUT2D eigenvalue weighted by Crippen LogP contribution is 2.18. The van der Waals surface area contributed by atoms with E-state index in [1.165, 1.54) is 11.3 Å². The molecule has 0 aliphatic carbocycles. The molecule has 1 heterocycles. The maximum atomic E-state index is 12.0. The molecule has 0 aliphatic heterocycles. The fourth-order valence-corrected chi connectivity index (χ4v) is 2.59. The van der Waals surface area contributed by atoms with Crippen LogP contribution in [0.5, 0.6) is 0 Å². The molecule has 0 saturated heterocycles. The number of thiazole rings is 1. The molecule has 6 heteroatoms. The van der Waals surface area contributed by atoms with Gasteiger partial charge in [-0.1, -0.05) is 26.1 Å². The third kappa shape index (κ3) is 3.01. The second kappa shape index (κ2) is 5.55. The van der Waals surface area contributed by atoms with E-state index < -0.39 is 5.54 Å². The minimum Gasteiger partial charge on any atom is -0.391 e. The lowest BCUT2D eigenvalue weighted by Crippen LogP contribution is -2.55. The summed E-state index contributed by atoms with van der Waals surface area (Å²) >= 11 is 6.41. The highest BCUT2D eigenvalue weighted by Gasteiger charge is 2.32. The Labute approximate surface area is 111 Å². The summed E-state index contributed by atoms with van der Waals surface area (Å²) in [6.07, 6.45) is 2.94. The van der Waals surface area contributed by atoms with Gasteiger partial charge in [0.1, 0.15) is 4.88 Å². The van der Waals surface area contributed by atoms with E-state index in [0.29, 0.717) is 22.7 Å². The molecule has 94 valence electrons. The van der Waals surface area contributed by atoms with Crippen molar-refractivity contribution in [2.45, 2.75) is 39.2 Å². The molecule has 1 aromatic rings. The number of carbonyl (C=O) groups is 1. The smallest absolute Gasteiger partial charge is 0.263 e. The first kappa shape index (κ1) is 14.1. The Bertz CT molecular complexity index is 424. The predicted molar refractivity (Wildman–Crippen MR) is 74.4 cm³/mol. The van der Waals surface area contributed by atoms with E-state index in [1.54, 1.807) is 6.20 Å². The van der Waals surface area contributed by atoms with E-state index in [1.807, 2.05) is 20.8 Å². The van der Waals surface area contributed by atoms with Gasteiger partial charge in [0, 0.05) is 0 Å². The summed E-state index contributed by atoms with van der Waals surface area (Å²) < 4.78 is 0. The minimum absolute atomic E-state index is 0.160. The average Bonchev–Trinajstić information content (AvgIpc) is 2.72. The van der Waals surface area contributed by atoms with E-state index >= 15 is 0 Å². The number of thiocarbonyl (C=S) groups is 1. The Morgan fingerprint density at radius 2 is 2.18 bits per heavy atom. The lowest BCUT2D eigenvalue weighted by Gasteiger charge is -2.31. The van der Waals surface area contributed by atoms with E-state index in [9.17, 15) is 4.79 Å². The van der Waals surface area contributed by atoms with Gasteiger partial charge in [0.05, 0.1) is 21.7 Å². The van der Waals surface area contributed by atoms with Gasteiger partial charge in [-0.15, -0.1) is 11.3 Å². The van der Waals surface area contributed by atoms with Crippen LogP contribution in [-0.2, 0) is 0 Å². The van der Waals surface area contributed by atoms with Crippen molar-refractivity contribution in [1.29, 1.82) is 0 Å². The van der Waals surface area contributed by atoms with Crippen LogP contribution >= 0.6 is 23.6 Å². The summed E-state index contributed by atoms with van der Waals surface area (Å²) in [6.45, 7) is 5.78. The van der Waals surface area contributed by atoms with Crippen molar-refractivity contribution < 1.29 is 4.79 Å². The van der Waals surface area contributed by atoms with Crippen LogP contribution < -0.4 is 11.1 Å². The summed E-state index contributed by atoms with van der Waals surface area (Å²) in [5, 5.41) is 3.79. The van der Waals surface area contributed by atoms with Crippen molar-refractivity contribution in [2.24, 2.45) is 5.73 Å². The van der Waals surface area contributed by atoms with Crippen molar-refractivity contribution in [2.75, 3.05) is 0 Å². The van der Waals surface area contributed by atoms with Crippen LogP contribution in [0.1, 0.15) is 41.4 Å². The molecule has 0 aromatic carbocycles. The minimum atomic E-state index is -0.593. The molecule has 0 fully saturated rings. The first-order chi connectivity index (χ1) is 7.95. The highest BCUT2D eigenvalue weighted by atomic mass is 32.1. The average molecular weight is 271 g/mol. The molecule has 1 amide bonds. The van der Waals surface area contributed by atoms with Crippen molar-refractivity contribution >= 4 is 34.5 Å². The van der Waals surface area contributed by atoms with Gasteiger partial charge in [-0.05, 0) is 19.8 Å². The maximum Gasteiger partial charge on any atom is 0.263 e. The number of hydrogen-bond donors (Lipinski definition) is 2. The molecule has 0 bridgehead atoms. The normalized spacial score (nSPS) is 11.2. The van der Waals surface area contributed by atoms with Crippen LogP contribution in [0.25, 0.3) is 0 Å². The molecule has 1 aromatic heterocycles. The number of amides is 1. The molecule has 4 nitrogen and oxygen atoms in total. The summed E-state index contributed by atoms with van der Waals surface area (Å²) in [6, 6.07) is 0. The number of carbonyl (C=O) groups excluding carboxylic acids is 1. The number of aryl methyl sites for hydroxylation is 1. The molecule has 0 spiro atoms. The Morgan fingerprint density at radius 3 is 2.53 bits per heavy atom. The zero-order valence-electron chi connectivity index (χ0n) is 10.2. The highest BCUT2D eigenvalue weighted by molar-refractivity contribution is 7.80. The van der Waals surface area contributed by atoms with E-state index in [-0.39, 0.29) is 5.91 Å². The number of aromatic nitrogens is 1. The molecule has 1 rings (SSSR count). The third-order valence-corrected chi connectivity index (χ3v) is 4.18. The molecular weight excluding hydrogens is 254 g/mol. The van der Waals surface area contributed by atoms with E-state index in [2.05, 4.69) is 10.3 Å². The zero-order valence-corrected chi connectivity index (χ0v) is 11.9. The first-order valence-electron chi connectivity index (χ1n) is 5.50. The topological polar surface area (TPSA) is 68.0 Å². The lowest BCUT2D eigenvalue weighted by molar-refractivity contribution is 0.0924. The van der Waals surface area contributed by atoms with Gasteiger partial charge in [-0.25, -0.2) is 4.98 Å². The van der Waals surface area contributed by atoms with Crippen LogP contribution in [0.15, 0.2) is 6.20 Å². The van der Waals surface area contributed by atoms with Gasteiger partial charge in [-0.2, -0.15) is 0 Å².